The predicted octanol–water partition coefficient (Wildman–Crippen LogP) is 5.35. The number of aromatic hydroxyl groups is 1. The van der Waals surface area contributed by atoms with Gasteiger partial charge in [0.2, 0.25) is 5.91 Å². The van der Waals surface area contributed by atoms with Crippen molar-refractivity contribution in [3.8, 4) is 5.75 Å². The maximum absolute atomic E-state index is 14.0. The van der Waals surface area contributed by atoms with Crippen LogP contribution < -0.4 is 9.80 Å². The lowest BCUT2D eigenvalue weighted by Crippen LogP contribution is -2.74. The average Bonchev–Trinajstić information content (AvgIpc) is 3.84. The maximum atomic E-state index is 14.0. The van der Waals surface area contributed by atoms with Crippen LogP contribution >= 0.6 is 0 Å². The molecule has 13 atom stereocenters. The van der Waals surface area contributed by atoms with Gasteiger partial charge in [-0.25, -0.2) is 0 Å². The summed E-state index contributed by atoms with van der Waals surface area (Å²) in [6.07, 6.45) is 7.08. The first kappa shape index (κ1) is 28.3. The van der Waals surface area contributed by atoms with Crippen LogP contribution in [0.4, 0.5) is 11.4 Å². The number of benzene rings is 2. The number of rotatable bonds is 3. The molecule has 7 heterocycles. The Morgan fingerprint density at radius 2 is 1.51 bits per heavy atom. The van der Waals surface area contributed by atoms with Gasteiger partial charge in [-0.3, -0.25) is 14.6 Å². The molecule has 0 radical (unpaired) electrons. The van der Waals surface area contributed by atoms with Gasteiger partial charge in [0.05, 0.1) is 18.3 Å². The van der Waals surface area contributed by atoms with Gasteiger partial charge >= 0.3 is 0 Å². The number of fused-ring (bicyclic) bond motifs is 6. The Hall–Kier alpha value is -2.61. The second-order valence-corrected chi connectivity index (χ2v) is 17.1. The molecule has 0 aromatic heterocycles. The van der Waals surface area contributed by atoms with E-state index in [4.69, 9.17) is 4.74 Å². The van der Waals surface area contributed by atoms with E-state index in [9.17, 15) is 9.90 Å². The van der Waals surface area contributed by atoms with Crippen LogP contribution in [-0.2, 0) is 20.4 Å². The summed E-state index contributed by atoms with van der Waals surface area (Å²) in [6, 6.07) is 16.9. The third-order valence-corrected chi connectivity index (χ3v) is 16.2. The third-order valence-electron chi connectivity index (χ3n) is 16.2. The van der Waals surface area contributed by atoms with Crippen molar-refractivity contribution in [2.24, 2.45) is 35.5 Å². The summed E-state index contributed by atoms with van der Waals surface area (Å²) < 4.78 is 7.51. The second kappa shape index (κ2) is 9.34. The minimum atomic E-state index is -0.183. The van der Waals surface area contributed by atoms with Crippen LogP contribution in [0, 0.1) is 35.5 Å². The number of para-hydroxylation sites is 2. The van der Waals surface area contributed by atoms with Gasteiger partial charge in [-0.2, -0.15) is 0 Å². The maximum Gasteiger partial charge on any atom is 0.224 e. The van der Waals surface area contributed by atoms with Crippen molar-refractivity contribution < 1.29 is 14.6 Å². The van der Waals surface area contributed by atoms with Crippen molar-refractivity contribution in [3.05, 3.63) is 53.6 Å². The van der Waals surface area contributed by atoms with E-state index in [-0.39, 0.29) is 40.7 Å². The second-order valence-electron chi connectivity index (χ2n) is 17.1. The summed E-state index contributed by atoms with van der Waals surface area (Å²) in [4.78, 5) is 24.6. The van der Waals surface area contributed by atoms with Gasteiger partial charge in [-0.05, 0) is 85.7 Å². The van der Waals surface area contributed by atoms with Crippen LogP contribution in [0.2, 0.25) is 0 Å². The number of piperidine rings is 2. The molecule has 2 aromatic carbocycles. The number of ether oxygens (including phenoxy) is 1. The molecule has 1 amide bonds. The molecule has 47 heavy (non-hydrogen) atoms. The van der Waals surface area contributed by atoms with Gasteiger partial charge in [0.1, 0.15) is 12.0 Å². The molecule has 5 saturated heterocycles. The monoisotopic (exact) mass is 634 g/mol. The van der Waals surface area contributed by atoms with Crippen LogP contribution in [-0.4, -0.2) is 84.0 Å². The lowest BCUT2D eigenvalue weighted by atomic mass is 9.52. The summed E-state index contributed by atoms with van der Waals surface area (Å²) in [5.41, 5.74) is 4.96. The number of amides is 1. The van der Waals surface area contributed by atoms with Gasteiger partial charge in [0.25, 0.3) is 0 Å². The van der Waals surface area contributed by atoms with Crippen molar-refractivity contribution in [1.82, 2.24) is 9.80 Å². The molecule has 2 aromatic rings. The molecule has 9 aliphatic rings. The Morgan fingerprint density at radius 1 is 0.851 bits per heavy atom. The SMILES string of the molecule is CC[C@@H]1CN2CC[C@@]34c5ccccc5N5[C@@H]([C@@H]6[C@H]7C[C@@H]8N(CC[C@@]89c8cccc(O)c8N(C(C)=O)[C@@H]69)C[C@H]7CC)OC[C@H]([C@H]1C[C@H]23)[C@H]54. The highest BCUT2D eigenvalue weighted by Crippen LogP contribution is 2.69. The van der Waals surface area contributed by atoms with E-state index in [0.717, 1.165) is 50.6 Å². The molecule has 2 aliphatic carbocycles. The van der Waals surface area contributed by atoms with Crippen LogP contribution in [0.3, 0.4) is 0 Å². The van der Waals surface area contributed by atoms with Crippen LogP contribution in [0.1, 0.15) is 70.4 Å². The van der Waals surface area contributed by atoms with Gasteiger partial charge in [0.15, 0.2) is 0 Å². The fourth-order valence-electron chi connectivity index (χ4n) is 14.8. The number of phenolic OH excluding ortho intramolecular Hbond substituents is 1. The summed E-state index contributed by atoms with van der Waals surface area (Å²) in [6.45, 7) is 12.0. The molecule has 1 N–H and O–H groups in total. The quantitative estimate of drug-likeness (QED) is 0.492. The topological polar surface area (TPSA) is 59.5 Å². The number of anilines is 2. The largest absolute Gasteiger partial charge is 0.506 e. The smallest absolute Gasteiger partial charge is 0.224 e. The minimum absolute atomic E-state index is 0.0248. The van der Waals surface area contributed by atoms with Gasteiger partial charge in [-0.1, -0.05) is 57.0 Å². The highest BCUT2D eigenvalue weighted by atomic mass is 16.5. The third kappa shape index (κ3) is 3.08. The van der Waals surface area contributed by atoms with Gasteiger partial charge in [0, 0.05) is 66.5 Å². The van der Waals surface area contributed by atoms with Gasteiger partial charge < -0.3 is 19.6 Å². The molecule has 7 nitrogen and oxygen atoms in total. The van der Waals surface area contributed by atoms with E-state index in [1.807, 2.05) is 6.07 Å². The molecular weight excluding hydrogens is 584 g/mol. The predicted molar refractivity (Wildman–Crippen MR) is 182 cm³/mol. The van der Waals surface area contributed by atoms with Gasteiger partial charge in [-0.15, -0.1) is 0 Å². The highest BCUT2D eigenvalue weighted by Gasteiger charge is 2.74. The zero-order valence-electron chi connectivity index (χ0n) is 28.2. The molecule has 7 fully saturated rings. The molecule has 7 aliphatic heterocycles. The summed E-state index contributed by atoms with van der Waals surface area (Å²) in [5.74, 6) is 3.50. The van der Waals surface area contributed by atoms with Crippen molar-refractivity contribution in [2.45, 2.75) is 101 Å². The molecule has 0 unspecified atom stereocenters. The summed E-state index contributed by atoms with van der Waals surface area (Å²) >= 11 is 0. The number of carbonyl (C=O) groups excluding carboxylic acids is 1. The zero-order chi connectivity index (χ0) is 31.6. The Morgan fingerprint density at radius 3 is 2.23 bits per heavy atom. The number of hydrogen-bond donors (Lipinski definition) is 1. The van der Waals surface area contributed by atoms with Crippen molar-refractivity contribution >= 4 is 17.3 Å². The van der Waals surface area contributed by atoms with E-state index in [1.54, 1.807) is 18.6 Å². The van der Waals surface area contributed by atoms with Crippen molar-refractivity contribution in [1.29, 1.82) is 0 Å². The van der Waals surface area contributed by atoms with Crippen LogP contribution in [0.15, 0.2) is 42.5 Å². The highest BCUT2D eigenvalue weighted by molar-refractivity contribution is 5.98. The Kier molecular flexibility index (Phi) is 5.61. The fourth-order valence-corrected chi connectivity index (χ4v) is 14.8. The van der Waals surface area contributed by atoms with Crippen LogP contribution in [0.25, 0.3) is 0 Å². The molecule has 11 rings (SSSR count). The average molecular weight is 635 g/mol. The van der Waals surface area contributed by atoms with Crippen molar-refractivity contribution in [3.63, 3.8) is 0 Å². The van der Waals surface area contributed by atoms with E-state index < -0.39 is 0 Å². The molecule has 4 bridgehead atoms. The molecule has 248 valence electrons. The van der Waals surface area contributed by atoms with E-state index in [2.05, 4.69) is 63.8 Å². The Labute approximate surface area is 279 Å². The van der Waals surface area contributed by atoms with E-state index in [1.165, 1.54) is 43.6 Å². The van der Waals surface area contributed by atoms with E-state index >= 15 is 0 Å². The first-order valence-corrected chi connectivity index (χ1v) is 19.0. The fraction of sp³-hybridized carbons (Fsp3) is 0.675. The molecule has 2 spiro atoms. The number of hydrogen-bond acceptors (Lipinski definition) is 6. The Bertz CT molecular complexity index is 1680. The summed E-state index contributed by atoms with van der Waals surface area (Å²) in [5, 5.41) is 11.5. The normalized spacial score (nSPS) is 46.7. The lowest BCUT2D eigenvalue weighted by molar-refractivity contribution is -0.153. The minimum Gasteiger partial charge on any atom is -0.506 e. The first-order chi connectivity index (χ1) is 22.9. The standard InChI is InChI=1S/C40H50N4O3/c1-4-23-19-41-15-13-39-28-9-6-7-11-30(28)44-36(39)27(25(23)17-32(39)41)21-47-38(44)34-26-18-33-40(14-16-42(33)20-24(26)5-2)29-10-8-12-31(46)35(29)43(22(3)45)37(34)40/h6-12,23-27,32-34,36-38,46H,4-5,13-21H2,1-3H3/t23-,24-,25+,26+,27-,32+,33+,34-,36+,37+,38-,39-,40-/m1/s1. The zero-order valence-corrected chi connectivity index (χ0v) is 28.2. The van der Waals surface area contributed by atoms with Crippen LogP contribution in [0.5, 0.6) is 5.75 Å². The molecule has 2 saturated carbocycles. The van der Waals surface area contributed by atoms with E-state index in [0.29, 0.717) is 41.8 Å². The Balaban J connectivity index is 1.13. The lowest BCUT2D eigenvalue weighted by Gasteiger charge is -2.64. The number of carbonyl (C=O) groups is 1. The number of nitrogens with zero attached hydrogens (tertiary/aromatic N) is 4. The summed E-state index contributed by atoms with van der Waals surface area (Å²) in [7, 11) is 0. The molecule has 7 heteroatoms. The number of phenols is 1. The molecular formula is C40H50N4O3. The van der Waals surface area contributed by atoms with Crippen molar-refractivity contribution in [2.75, 3.05) is 42.6 Å². The first-order valence-electron chi connectivity index (χ1n) is 19.0.